The fourth-order valence-corrected chi connectivity index (χ4v) is 2.70. The van der Waals surface area contributed by atoms with Gasteiger partial charge in [-0.2, -0.15) is 4.80 Å². The van der Waals surface area contributed by atoms with Crippen molar-refractivity contribution in [2.45, 2.75) is 38.9 Å². The summed E-state index contributed by atoms with van der Waals surface area (Å²) < 4.78 is 5.49. The number of nitrogens with zero attached hydrogens (tertiary/aromatic N) is 3. The van der Waals surface area contributed by atoms with Gasteiger partial charge in [-0.15, -0.1) is 10.2 Å². The second kappa shape index (κ2) is 7.55. The maximum atomic E-state index is 12.3. The van der Waals surface area contributed by atoms with E-state index in [0.717, 1.165) is 31.6 Å². The molecule has 2 heterocycles. The summed E-state index contributed by atoms with van der Waals surface area (Å²) >= 11 is 0. The first kappa shape index (κ1) is 16.6. The van der Waals surface area contributed by atoms with Crippen LogP contribution in [-0.4, -0.2) is 45.3 Å². The zero-order valence-corrected chi connectivity index (χ0v) is 13.7. The molecule has 1 amide bonds. The molecule has 2 N–H and O–H groups in total. The van der Waals surface area contributed by atoms with Gasteiger partial charge in [0.15, 0.2) is 5.69 Å². The van der Waals surface area contributed by atoms with Crippen LogP contribution in [0.25, 0.3) is 5.69 Å². The lowest BCUT2D eigenvalue weighted by Gasteiger charge is -2.09. The van der Waals surface area contributed by atoms with Gasteiger partial charge >= 0.3 is 0 Å². The Morgan fingerprint density at radius 1 is 1.38 bits per heavy atom. The van der Waals surface area contributed by atoms with Crippen molar-refractivity contribution in [3.8, 4) is 5.69 Å². The van der Waals surface area contributed by atoms with E-state index in [1.54, 1.807) is 0 Å². The first-order valence-corrected chi connectivity index (χ1v) is 8.27. The lowest BCUT2D eigenvalue weighted by molar-refractivity contribution is 0.0851. The molecular weight excluding hydrogens is 308 g/mol. The number of amides is 1. The molecule has 0 spiro atoms. The molecule has 2 aromatic rings. The summed E-state index contributed by atoms with van der Waals surface area (Å²) in [5.41, 5.74) is 2.37. The third kappa shape index (κ3) is 3.63. The highest BCUT2D eigenvalue weighted by atomic mass is 16.5. The molecule has 7 heteroatoms. The molecule has 7 nitrogen and oxygen atoms in total. The van der Waals surface area contributed by atoms with E-state index in [9.17, 15) is 9.90 Å². The molecule has 1 aliphatic rings. The van der Waals surface area contributed by atoms with E-state index >= 15 is 0 Å². The summed E-state index contributed by atoms with van der Waals surface area (Å²) in [6.07, 6.45) is 2.98. The Labute approximate surface area is 140 Å². The van der Waals surface area contributed by atoms with Crippen LogP contribution in [0.3, 0.4) is 0 Å². The number of carbonyl (C=O) groups is 1. The van der Waals surface area contributed by atoms with Crippen LogP contribution in [0.15, 0.2) is 24.3 Å². The number of ether oxygens (including phenoxy) is 1. The molecule has 1 aromatic heterocycles. The van der Waals surface area contributed by atoms with Crippen LogP contribution in [0.2, 0.25) is 0 Å². The number of rotatable bonds is 6. The standard InChI is InChI=1S/C17H22N4O3/c1-2-12-5-7-13(8-6-12)21-19-15(11-22)16(20-21)17(23)18-10-14-4-3-9-24-14/h5-8,14,22H,2-4,9-11H2,1H3,(H,18,23)/t14-/m0/s1. The van der Waals surface area contributed by atoms with Crippen LogP contribution in [0.4, 0.5) is 0 Å². The average Bonchev–Trinajstić information content (AvgIpc) is 3.29. The number of aryl methyl sites for hydroxylation is 1. The molecule has 0 radical (unpaired) electrons. The van der Waals surface area contributed by atoms with Gasteiger partial charge in [-0.1, -0.05) is 19.1 Å². The number of hydrogen-bond donors (Lipinski definition) is 2. The van der Waals surface area contributed by atoms with Crippen LogP contribution < -0.4 is 5.32 Å². The van der Waals surface area contributed by atoms with Crippen LogP contribution >= 0.6 is 0 Å². The summed E-state index contributed by atoms with van der Waals surface area (Å²) in [5.74, 6) is -0.342. The zero-order chi connectivity index (χ0) is 16.9. The van der Waals surface area contributed by atoms with Gasteiger partial charge in [-0.05, 0) is 37.0 Å². The second-order valence-electron chi connectivity index (χ2n) is 5.81. The summed E-state index contributed by atoms with van der Waals surface area (Å²) in [7, 11) is 0. The Bertz CT molecular complexity index is 690. The Kier molecular flexibility index (Phi) is 5.22. The average molecular weight is 330 g/mol. The lowest BCUT2D eigenvalue weighted by atomic mass is 10.2. The van der Waals surface area contributed by atoms with Crippen LogP contribution in [0.1, 0.15) is 41.5 Å². The monoisotopic (exact) mass is 330 g/mol. The summed E-state index contributed by atoms with van der Waals surface area (Å²) in [5, 5.41) is 20.7. The molecule has 0 bridgehead atoms. The minimum Gasteiger partial charge on any atom is -0.390 e. The van der Waals surface area contributed by atoms with Gasteiger partial charge in [0.25, 0.3) is 5.91 Å². The SMILES string of the molecule is CCc1ccc(-n2nc(CO)c(C(=O)NC[C@@H]3CCCO3)n2)cc1. The topological polar surface area (TPSA) is 89.3 Å². The lowest BCUT2D eigenvalue weighted by Crippen LogP contribution is -2.32. The van der Waals surface area contributed by atoms with Crippen molar-refractivity contribution in [3.63, 3.8) is 0 Å². The fraction of sp³-hybridized carbons (Fsp3) is 0.471. The van der Waals surface area contributed by atoms with Crippen molar-refractivity contribution in [3.05, 3.63) is 41.2 Å². The summed E-state index contributed by atoms with van der Waals surface area (Å²) in [6.45, 7) is 2.94. The largest absolute Gasteiger partial charge is 0.390 e. The van der Waals surface area contributed by atoms with Gasteiger partial charge in [-0.25, -0.2) is 0 Å². The van der Waals surface area contributed by atoms with E-state index < -0.39 is 0 Å². The predicted molar refractivity (Wildman–Crippen MR) is 88.0 cm³/mol. The quantitative estimate of drug-likeness (QED) is 0.831. The number of benzene rings is 1. The predicted octanol–water partition coefficient (Wildman–Crippen LogP) is 1.23. The van der Waals surface area contributed by atoms with E-state index in [1.807, 2.05) is 24.3 Å². The van der Waals surface area contributed by atoms with Gasteiger partial charge in [0.05, 0.1) is 18.4 Å². The molecular formula is C17H22N4O3. The van der Waals surface area contributed by atoms with Gasteiger partial charge in [0.2, 0.25) is 0 Å². The molecule has 1 fully saturated rings. The van der Waals surface area contributed by atoms with Crippen molar-refractivity contribution in [2.24, 2.45) is 0 Å². The van der Waals surface area contributed by atoms with Crippen molar-refractivity contribution in [1.29, 1.82) is 0 Å². The van der Waals surface area contributed by atoms with Crippen molar-refractivity contribution < 1.29 is 14.6 Å². The van der Waals surface area contributed by atoms with Gasteiger partial charge in [-0.3, -0.25) is 4.79 Å². The Morgan fingerprint density at radius 2 is 2.17 bits per heavy atom. The minimum absolute atomic E-state index is 0.0585. The molecule has 1 aromatic carbocycles. The van der Waals surface area contributed by atoms with Crippen molar-refractivity contribution in [1.82, 2.24) is 20.3 Å². The van der Waals surface area contributed by atoms with Gasteiger partial charge in [0, 0.05) is 13.2 Å². The van der Waals surface area contributed by atoms with Crippen LogP contribution in [0.5, 0.6) is 0 Å². The van der Waals surface area contributed by atoms with E-state index in [0.29, 0.717) is 6.54 Å². The molecule has 1 saturated heterocycles. The Morgan fingerprint density at radius 3 is 2.79 bits per heavy atom. The number of aromatic nitrogens is 3. The van der Waals surface area contributed by atoms with Crippen LogP contribution in [0, 0.1) is 0 Å². The summed E-state index contributed by atoms with van der Waals surface area (Å²) in [6, 6.07) is 7.78. The maximum Gasteiger partial charge on any atom is 0.273 e. The maximum absolute atomic E-state index is 12.3. The molecule has 0 saturated carbocycles. The fourth-order valence-electron chi connectivity index (χ4n) is 2.70. The first-order valence-electron chi connectivity index (χ1n) is 8.27. The molecule has 1 atom stereocenters. The highest BCUT2D eigenvalue weighted by Gasteiger charge is 2.21. The second-order valence-corrected chi connectivity index (χ2v) is 5.81. The Hall–Kier alpha value is -2.25. The van der Waals surface area contributed by atoms with E-state index in [4.69, 9.17) is 4.74 Å². The highest BCUT2D eigenvalue weighted by Crippen LogP contribution is 2.13. The van der Waals surface area contributed by atoms with Crippen LogP contribution in [-0.2, 0) is 17.8 Å². The van der Waals surface area contributed by atoms with Gasteiger partial charge < -0.3 is 15.2 Å². The number of aliphatic hydroxyl groups is 1. The van der Waals surface area contributed by atoms with E-state index in [-0.39, 0.29) is 30.0 Å². The molecule has 3 rings (SSSR count). The van der Waals surface area contributed by atoms with Crippen molar-refractivity contribution >= 4 is 5.91 Å². The third-order valence-corrected chi connectivity index (χ3v) is 4.14. The van der Waals surface area contributed by atoms with E-state index in [1.165, 1.54) is 10.4 Å². The third-order valence-electron chi connectivity index (χ3n) is 4.14. The summed E-state index contributed by atoms with van der Waals surface area (Å²) in [4.78, 5) is 13.7. The highest BCUT2D eigenvalue weighted by molar-refractivity contribution is 5.93. The first-order chi connectivity index (χ1) is 11.7. The smallest absolute Gasteiger partial charge is 0.273 e. The molecule has 1 aliphatic heterocycles. The van der Waals surface area contributed by atoms with E-state index in [2.05, 4.69) is 22.4 Å². The normalized spacial score (nSPS) is 17.2. The molecule has 128 valence electrons. The Balaban J connectivity index is 1.74. The number of hydrogen-bond acceptors (Lipinski definition) is 5. The molecule has 24 heavy (non-hydrogen) atoms. The molecule has 0 aliphatic carbocycles. The van der Waals surface area contributed by atoms with Crippen molar-refractivity contribution in [2.75, 3.05) is 13.2 Å². The zero-order valence-electron chi connectivity index (χ0n) is 13.7. The number of nitrogens with one attached hydrogen (secondary N) is 1. The molecule has 0 unspecified atom stereocenters. The number of carbonyl (C=O) groups excluding carboxylic acids is 1. The minimum atomic E-state index is -0.342. The van der Waals surface area contributed by atoms with Gasteiger partial charge in [0.1, 0.15) is 5.69 Å². The number of aliphatic hydroxyl groups excluding tert-OH is 1.